The fourth-order valence-corrected chi connectivity index (χ4v) is 2.19. The average molecular weight is 217 g/mol. The fraction of sp³-hybridized carbons (Fsp3) is 0.778. The highest BCUT2D eigenvalue weighted by Crippen LogP contribution is 2.18. The van der Waals surface area contributed by atoms with E-state index < -0.39 is 0 Å². The number of amides is 2. The second kappa shape index (κ2) is 4.79. The third-order valence-corrected chi connectivity index (χ3v) is 3.18. The molecule has 0 spiro atoms. The van der Waals surface area contributed by atoms with E-state index in [2.05, 4.69) is 0 Å². The molecule has 1 aliphatic rings. The van der Waals surface area contributed by atoms with Crippen LogP contribution in [-0.4, -0.2) is 46.0 Å². The van der Waals surface area contributed by atoms with E-state index in [0.29, 0.717) is 11.5 Å². The molecule has 0 saturated carbocycles. The van der Waals surface area contributed by atoms with Crippen LogP contribution < -0.4 is 0 Å². The van der Waals surface area contributed by atoms with Gasteiger partial charge in [0.05, 0.1) is 24.2 Å². The number of hydrogen-bond donors (Lipinski definition) is 1. The lowest BCUT2D eigenvalue weighted by Crippen LogP contribution is -2.52. The summed E-state index contributed by atoms with van der Waals surface area (Å²) in [7, 11) is 0. The summed E-state index contributed by atoms with van der Waals surface area (Å²) in [5.74, 6) is 0.415. The zero-order chi connectivity index (χ0) is 10.7. The Morgan fingerprint density at radius 1 is 1.36 bits per heavy atom. The van der Waals surface area contributed by atoms with Crippen molar-refractivity contribution in [2.75, 3.05) is 18.1 Å². The molecule has 0 unspecified atom stereocenters. The lowest BCUT2D eigenvalue weighted by Gasteiger charge is -2.33. The summed E-state index contributed by atoms with van der Waals surface area (Å²) < 4.78 is 0. The molecular weight excluding hydrogens is 202 g/mol. The minimum atomic E-state index is -0.365. The van der Waals surface area contributed by atoms with Gasteiger partial charge in [0.15, 0.2) is 0 Å². The van der Waals surface area contributed by atoms with Crippen molar-refractivity contribution in [3.8, 4) is 0 Å². The summed E-state index contributed by atoms with van der Waals surface area (Å²) in [6.45, 7) is 3.63. The van der Waals surface area contributed by atoms with Crippen molar-refractivity contribution < 1.29 is 14.7 Å². The number of rotatable bonds is 3. The standard InChI is InChI=1S/C9H15NO3S/c1-6(2)7(3-11)10-8(12)4-14-5-9(10)13/h6-7,11H,3-5H2,1-2H3/t7-/m0/s1. The Morgan fingerprint density at radius 3 is 2.21 bits per heavy atom. The van der Waals surface area contributed by atoms with Crippen LogP contribution in [0.15, 0.2) is 0 Å². The fourth-order valence-electron chi connectivity index (χ4n) is 1.46. The smallest absolute Gasteiger partial charge is 0.239 e. The van der Waals surface area contributed by atoms with Gasteiger partial charge in [-0.05, 0) is 5.92 Å². The summed E-state index contributed by atoms with van der Waals surface area (Å²) in [6.07, 6.45) is 0. The molecule has 0 bridgehead atoms. The number of aliphatic hydroxyl groups is 1. The van der Waals surface area contributed by atoms with Crippen LogP contribution >= 0.6 is 11.8 Å². The van der Waals surface area contributed by atoms with Crippen LogP contribution in [0.2, 0.25) is 0 Å². The summed E-state index contributed by atoms with van der Waals surface area (Å²) >= 11 is 1.33. The van der Waals surface area contributed by atoms with Crippen LogP contribution in [0.4, 0.5) is 0 Å². The SMILES string of the molecule is CC(C)[C@H](CO)N1C(=O)CSCC1=O. The van der Waals surface area contributed by atoms with Gasteiger partial charge >= 0.3 is 0 Å². The average Bonchev–Trinajstić information content (AvgIpc) is 2.10. The Bertz CT molecular complexity index is 226. The lowest BCUT2D eigenvalue weighted by molar-refractivity contribution is -0.147. The molecule has 4 nitrogen and oxygen atoms in total. The Labute approximate surface area is 87.7 Å². The molecule has 1 fully saturated rings. The van der Waals surface area contributed by atoms with E-state index >= 15 is 0 Å². The molecule has 1 saturated heterocycles. The molecule has 2 amide bonds. The third-order valence-electron chi connectivity index (χ3n) is 2.28. The topological polar surface area (TPSA) is 57.6 Å². The van der Waals surface area contributed by atoms with E-state index in [1.54, 1.807) is 0 Å². The van der Waals surface area contributed by atoms with E-state index in [-0.39, 0.29) is 30.4 Å². The number of aliphatic hydroxyl groups excluding tert-OH is 1. The van der Waals surface area contributed by atoms with Crippen LogP contribution in [-0.2, 0) is 9.59 Å². The number of imide groups is 1. The second-order valence-corrected chi connectivity index (χ2v) is 4.63. The van der Waals surface area contributed by atoms with E-state index in [9.17, 15) is 9.59 Å². The molecular formula is C9H15NO3S. The third kappa shape index (κ3) is 2.27. The Hall–Kier alpha value is -0.550. The number of carbonyl (C=O) groups excluding carboxylic acids is 2. The van der Waals surface area contributed by atoms with E-state index in [4.69, 9.17) is 5.11 Å². The predicted octanol–water partition coefficient (Wildman–Crippen LogP) is 0.105. The number of carbonyl (C=O) groups is 2. The van der Waals surface area contributed by atoms with Gasteiger partial charge < -0.3 is 5.11 Å². The van der Waals surface area contributed by atoms with Gasteiger partial charge in [0.2, 0.25) is 11.8 Å². The molecule has 14 heavy (non-hydrogen) atoms. The van der Waals surface area contributed by atoms with Crippen LogP contribution in [0, 0.1) is 5.92 Å². The van der Waals surface area contributed by atoms with Crippen molar-refractivity contribution in [3.05, 3.63) is 0 Å². The highest BCUT2D eigenvalue weighted by atomic mass is 32.2. The van der Waals surface area contributed by atoms with Crippen molar-refractivity contribution in [1.82, 2.24) is 4.90 Å². The van der Waals surface area contributed by atoms with Crippen LogP contribution in [0.25, 0.3) is 0 Å². The second-order valence-electron chi connectivity index (χ2n) is 3.64. The largest absolute Gasteiger partial charge is 0.394 e. The molecule has 5 heteroatoms. The van der Waals surface area contributed by atoms with Gasteiger partial charge in [-0.1, -0.05) is 13.8 Å². The van der Waals surface area contributed by atoms with Crippen molar-refractivity contribution in [2.24, 2.45) is 5.92 Å². The van der Waals surface area contributed by atoms with Crippen LogP contribution in [0.5, 0.6) is 0 Å². The zero-order valence-electron chi connectivity index (χ0n) is 8.40. The quantitative estimate of drug-likeness (QED) is 0.681. The van der Waals surface area contributed by atoms with Gasteiger partial charge in [0.1, 0.15) is 0 Å². The minimum Gasteiger partial charge on any atom is -0.394 e. The summed E-state index contributed by atoms with van der Waals surface area (Å²) in [6, 6.07) is -0.365. The molecule has 0 aliphatic carbocycles. The number of hydrogen-bond acceptors (Lipinski definition) is 4. The molecule has 1 aliphatic heterocycles. The number of nitrogens with zero attached hydrogens (tertiary/aromatic N) is 1. The number of thioether (sulfide) groups is 1. The molecule has 1 heterocycles. The first-order valence-electron chi connectivity index (χ1n) is 4.61. The minimum absolute atomic E-state index is 0.0935. The highest BCUT2D eigenvalue weighted by Gasteiger charge is 2.33. The van der Waals surface area contributed by atoms with Gasteiger partial charge in [-0.25, -0.2) is 0 Å². The maximum Gasteiger partial charge on any atom is 0.239 e. The Morgan fingerprint density at radius 2 is 1.86 bits per heavy atom. The molecule has 0 aromatic rings. The van der Waals surface area contributed by atoms with Gasteiger partial charge in [0.25, 0.3) is 0 Å². The predicted molar refractivity (Wildman–Crippen MR) is 54.9 cm³/mol. The van der Waals surface area contributed by atoms with Crippen molar-refractivity contribution >= 4 is 23.6 Å². The van der Waals surface area contributed by atoms with E-state index in [1.165, 1.54) is 16.7 Å². The maximum absolute atomic E-state index is 11.5. The normalized spacial score (nSPS) is 20.4. The molecule has 0 aromatic carbocycles. The first kappa shape index (κ1) is 11.5. The summed E-state index contributed by atoms with van der Waals surface area (Å²) in [4.78, 5) is 24.2. The van der Waals surface area contributed by atoms with Crippen molar-refractivity contribution in [1.29, 1.82) is 0 Å². The Kier molecular flexibility index (Phi) is 3.95. The molecule has 80 valence electrons. The van der Waals surface area contributed by atoms with Crippen LogP contribution in [0.1, 0.15) is 13.8 Å². The molecule has 0 radical (unpaired) electrons. The molecule has 1 atom stereocenters. The zero-order valence-corrected chi connectivity index (χ0v) is 9.21. The molecule has 1 rings (SSSR count). The van der Waals surface area contributed by atoms with Crippen molar-refractivity contribution in [2.45, 2.75) is 19.9 Å². The van der Waals surface area contributed by atoms with E-state index in [0.717, 1.165) is 0 Å². The Balaban J connectivity index is 2.80. The first-order valence-corrected chi connectivity index (χ1v) is 5.77. The van der Waals surface area contributed by atoms with Gasteiger partial charge in [-0.3, -0.25) is 14.5 Å². The van der Waals surface area contributed by atoms with E-state index in [1.807, 2.05) is 13.8 Å². The molecule has 1 N–H and O–H groups in total. The monoisotopic (exact) mass is 217 g/mol. The van der Waals surface area contributed by atoms with Gasteiger partial charge in [0, 0.05) is 0 Å². The summed E-state index contributed by atoms with van der Waals surface area (Å²) in [5.41, 5.74) is 0. The van der Waals surface area contributed by atoms with Crippen LogP contribution in [0.3, 0.4) is 0 Å². The first-order chi connectivity index (χ1) is 6.57. The molecule has 0 aromatic heterocycles. The maximum atomic E-state index is 11.5. The lowest BCUT2D eigenvalue weighted by atomic mass is 10.0. The van der Waals surface area contributed by atoms with Crippen molar-refractivity contribution in [3.63, 3.8) is 0 Å². The van der Waals surface area contributed by atoms with Gasteiger partial charge in [-0.2, -0.15) is 0 Å². The van der Waals surface area contributed by atoms with Gasteiger partial charge in [-0.15, -0.1) is 11.8 Å². The summed E-state index contributed by atoms with van der Waals surface area (Å²) in [5, 5.41) is 9.13. The highest BCUT2D eigenvalue weighted by molar-refractivity contribution is 8.00.